The molecule has 1 unspecified atom stereocenters. The van der Waals surface area contributed by atoms with Crippen molar-refractivity contribution in [1.82, 2.24) is 10.4 Å². The molecular weight excluding hydrogens is 379 g/mol. The number of rotatable bonds is 5. The maximum absolute atomic E-state index is 13.0. The zero-order valence-electron chi connectivity index (χ0n) is 11.6. The maximum atomic E-state index is 13.0. The van der Waals surface area contributed by atoms with Crippen molar-refractivity contribution in [3.63, 3.8) is 0 Å². The molecule has 1 heterocycles. The van der Waals surface area contributed by atoms with E-state index >= 15 is 0 Å². The highest BCUT2D eigenvalue weighted by atomic mass is 35.5. The van der Waals surface area contributed by atoms with E-state index in [2.05, 4.69) is 0 Å². The molecule has 2 N–H and O–H groups in total. The van der Waals surface area contributed by atoms with Crippen LogP contribution >= 0.6 is 23.2 Å². The molecule has 1 aromatic rings. The number of carbonyl (C=O) groups is 1. The number of hydrogen-bond donors (Lipinski definition) is 2. The minimum Gasteiger partial charge on any atom is -0.484 e. The highest BCUT2D eigenvalue weighted by molar-refractivity contribution is 6.42. The highest BCUT2D eigenvalue weighted by Gasteiger charge is 2.50. The Morgan fingerprint density at radius 1 is 1.29 bits per heavy atom. The lowest BCUT2D eigenvalue weighted by Gasteiger charge is -2.31. The van der Waals surface area contributed by atoms with Crippen molar-refractivity contribution in [2.75, 3.05) is 6.61 Å². The summed E-state index contributed by atoms with van der Waals surface area (Å²) in [4.78, 5) is 12.0. The molecule has 0 fully saturated rings. The van der Waals surface area contributed by atoms with E-state index in [1.54, 1.807) is 5.43 Å². The Hall–Kier alpha value is -1.71. The van der Waals surface area contributed by atoms with Gasteiger partial charge in [-0.15, -0.1) is 0 Å². The number of benzene rings is 1. The smallest absolute Gasteiger partial charge is 0.291 e. The molecule has 0 bridgehead atoms. The molecule has 1 aromatic carbocycles. The molecule has 11 heteroatoms. The van der Waals surface area contributed by atoms with Crippen LogP contribution < -0.4 is 10.2 Å². The summed E-state index contributed by atoms with van der Waals surface area (Å²) in [5, 5.41) is 10.1. The molecule has 0 spiro atoms. The molecule has 0 radical (unpaired) electrons. The van der Waals surface area contributed by atoms with Crippen molar-refractivity contribution in [3.05, 3.63) is 40.0 Å². The molecule has 5 nitrogen and oxygen atoms in total. The maximum Gasteiger partial charge on any atom is 0.291 e. The number of carbonyl (C=O) groups excluding carboxylic acids is 1. The Morgan fingerprint density at radius 2 is 1.96 bits per heavy atom. The first-order valence-electron chi connectivity index (χ1n) is 6.34. The lowest BCUT2D eigenvalue weighted by molar-refractivity contribution is -0.185. The quantitative estimate of drug-likeness (QED) is 0.761. The first-order chi connectivity index (χ1) is 11.1. The molecule has 1 aliphatic heterocycles. The van der Waals surface area contributed by atoms with E-state index in [-0.39, 0.29) is 26.9 Å². The molecule has 2 rings (SSSR count). The second kappa shape index (κ2) is 7.04. The second-order valence-electron chi connectivity index (χ2n) is 4.69. The molecule has 132 valence electrons. The van der Waals surface area contributed by atoms with E-state index in [1.165, 1.54) is 18.2 Å². The van der Waals surface area contributed by atoms with Crippen LogP contribution in [0.4, 0.5) is 17.6 Å². The number of hydrogen-bond acceptors (Lipinski definition) is 4. The largest absolute Gasteiger partial charge is 0.484 e. The van der Waals surface area contributed by atoms with E-state index in [0.29, 0.717) is 0 Å². The molecule has 1 atom stereocenters. The number of aliphatic hydroxyl groups is 1. The minimum atomic E-state index is -3.52. The molecule has 0 aliphatic carbocycles. The van der Waals surface area contributed by atoms with Crippen molar-refractivity contribution >= 4 is 29.1 Å². The zero-order chi connectivity index (χ0) is 18.1. The third-order valence-corrected chi connectivity index (χ3v) is 3.77. The molecule has 0 saturated heterocycles. The number of amides is 1. The fourth-order valence-corrected chi connectivity index (χ4v) is 2.14. The van der Waals surface area contributed by atoms with Gasteiger partial charge in [0.15, 0.2) is 6.61 Å². The predicted molar refractivity (Wildman–Crippen MR) is 77.0 cm³/mol. The van der Waals surface area contributed by atoms with Crippen molar-refractivity contribution in [1.29, 1.82) is 0 Å². The highest BCUT2D eigenvalue weighted by Crippen LogP contribution is 2.30. The summed E-state index contributed by atoms with van der Waals surface area (Å²) in [6.45, 7) is -0.815. The minimum absolute atomic E-state index is 0.00329. The molecule has 0 saturated carbocycles. The molecule has 0 aromatic heterocycles. The second-order valence-corrected chi connectivity index (χ2v) is 5.50. The van der Waals surface area contributed by atoms with Gasteiger partial charge in [-0.1, -0.05) is 23.2 Å². The van der Waals surface area contributed by atoms with Crippen LogP contribution in [-0.4, -0.2) is 41.2 Å². The fraction of sp³-hybridized carbons (Fsp3) is 0.308. The summed E-state index contributed by atoms with van der Waals surface area (Å²) < 4.78 is 56.3. The van der Waals surface area contributed by atoms with Crippen molar-refractivity contribution in [2.24, 2.45) is 0 Å². The van der Waals surface area contributed by atoms with Gasteiger partial charge >= 0.3 is 0 Å². The van der Waals surface area contributed by atoms with Crippen LogP contribution in [0.3, 0.4) is 0 Å². The number of halogens is 6. The van der Waals surface area contributed by atoms with Crippen LogP contribution in [0.2, 0.25) is 10.0 Å². The van der Waals surface area contributed by atoms with Gasteiger partial charge in [-0.3, -0.25) is 10.2 Å². The van der Waals surface area contributed by atoms with Crippen LogP contribution in [0.15, 0.2) is 30.0 Å². The summed E-state index contributed by atoms with van der Waals surface area (Å²) in [7, 11) is 0. The van der Waals surface area contributed by atoms with Gasteiger partial charge < -0.3 is 9.84 Å². The number of nitrogens with zero attached hydrogens (tertiary/aromatic N) is 1. The van der Waals surface area contributed by atoms with Crippen molar-refractivity contribution in [2.45, 2.75) is 18.6 Å². The number of alkyl halides is 4. The van der Waals surface area contributed by atoms with Gasteiger partial charge in [0.1, 0.15) is 5.75 Å². The number of nitrogens with one attached hydrogen (secondary N) is 1. The number of hydrazine groups is 1. The van der Waals surface area contributed by atoms with E-state index in [1.807, 2.05) is 0 Å². The Kier molecular flexibility index (Phi) is 5.46. The molecule has 24 heavy (non-hydrogen) atoms. The third-order valence-electron chi connectivity index (χ3n) is 3.03. The predicted octanol–water partition coefficient (Wildman–Crippen LogP) is 2.82. The van der Waals surface area contributed by atoms with Gasteiger partial charge in [-0.05, 0) is 12.1 Å². The fourth-order valence-electron chi connectivity index (χ4n) is 1.86. The monoisotopic (exact) mass is 388 g/mol. The van der Waals surface area contributed by atoms with Crippen molar-refractivity contribution in [3.8, 4) is 5.75 Å². The Morgan fingerprint density at radius 3 is 2.50 bits per heavy atom. The summed E-state index contributed by atoms with van der Waals surface area (Å²) >= 11 is 11.4. The van der Waals surface area contributed by atoms with Gasteiger partial charge in [-0.2, -0.15) is 0 Å². The Labute approximate surface area is 143 Å². The van der Waals surface area contributed by atoms with E-state index in [0.717, 1.165) is 0 Å². The van der Waals surface area contributed by atoms with Crippen LogP contribution in [-0.2, 0) is 4.79 Å². The lowest BCUT2D eigenvalue weighted by Crippen LogP contribution is -2.58. The van der Waals surface area contributed by atoms with Gasteiger partial charge in [-0.25, -0.2) is 22.6 Å². The summed E-state index contributed by atoms with van der Waals surface area (Å²) in [5.41, 5.74) is -2.46. The average Bonchev–Trinajstić information content (AvgIpc) is 2.88. The summed E-state index contributed by atoms with van der Waals surface area (Å²) in [5.74, 6) is -1.10. The number of ether oxygens (including phenoxy) is 1. The normalized spacial score (nSPS) is 20.4. The van der Waals surface area contributed by atoms with E-state index < -0.39 is 36.8 Å². The first-order valence-corrected chi connectivity index (χ1v) is 7.09. The van der Waals surface area contributed by atoms with Gasteiger partial charge in [0, 0.05) is 12.1 Å². The molecular formula is C13H10Cl2F4N2O3. The first kappa shape index (κ1) is 18.6. The van der Waals surface area contributed by atoms with Gasteiger partial charge in [0.25, 0.3) is 18.8 Å². The third kappa shape index (κ3) is 3.68. The molecule has 1 amide bonds. The average molecular weight is 389 g/mol. The standard InChI is InChI=1S/C13H10Cl2F4N2O3/c14-7-2-1-6(3-8(7)15)24-5-10(22)21-13(23,12(18)19)4-9(20-21)11(16)17/h1-4,11-12,20,23H,5H2. The Bertz CT molecular complexity index is 675. The van der Waals surface area contributed by atoms with Gasteiger partial charge in [0.05, 0.1) is 15.7 Å². The lowest BCUT2D eigenvalue weighted by atomic mass is 10.2. The summed E-state index contributed by atoms with van der Waals surface area (Å²) in [6.07, 6.45) is -6.50. The van der Waals surface area contributed by atoms with Crippen LogP contribution in [0, 0.1) is 0 Å². The van der Waals surface area contributed by atoms with Gasteiger partial charge in [0.2, 0.25) is 5.72 Å². The Balaban J connectivity index is 2.09. The topological polar surface area (TPSA) is 61.8 Å². The van der Waals surface area contributed by atoms with E-state index in [4.69, 9.17) is 27.9 Å². The SMILES string of the molecule is O=C(COc1ccc(Cl)c(Cl)c1)N1NC(C(F)F)=CC1(O)C(F)F. The number of allylic oxidation sites excluding steroid dienone is 1. The van der Waals surface area contributed by atoms with Crippen LogP contribution in [0.25, 0.3) is 0 Å². The van der Waals surface area contributed by atoms with E-state index in [9.17, 15) is 27.5 Å². The zero-order valence-corrected chi connectivity index (χ0v) is 13.2. The molecule has 1 aliphatic rings. The van der Waals surface area contributed by atoms with Crippen LogP contribution in [0.1, 0.15) is 0 Å². The summed E-state index contributed by atoms with van der Waals surface area (Å²) in [6, 6.07) is 4.02. The van der Waals surface area contributed by atoms with Crippen LogP contribution in [0.5, 0.6) is 5.75 Å². The van der Waals surface area contributed by atoms with Crippen molar-refractivity contribution < 1.29 is 32.2 Å².